The Balaban J connectivity index is 1.44. The number of amides is 1. The zero-order valence-electron chi connectivity index (χ0n) is 21.0. The molecule has 2 aromatic carbocycles. The van der Waals surface area contributed by atoms with Gasteiger partial charge < -0.3 is 9.47 Å². The molecule has 1 amide bonds. The summed E-state index contributed by atoms with van der Waals surface area (Å²) >= 11 is 0. The van der Waals surface area contributed by atoms with Gasteiger partial charge in [-0.1, -0.05) is 25.5 Å². The maximum atomic E-state index is 13.6. The summed E-state index contributed by atoms with van der Waals surface area (Å²) in [5.41, 5.74) is 5.78. The molecule has 7 heteroatoms. The van der Waals surface area contributed by atoms with Gasteiger partial charge in [0.15, 0.2) is 0 Å². The Morgan fingerprint density at radius 2 is 1.74 bits per heavy atom. The lowest BCUT2D eigenvalue weighted by Crippen LogP contribution is -2.43. The Labute approximate surface area is 208 Å². The molecule has 0 bridgehead atoms. The smallest absolute Gasteiger partial charge is 0.254 e. The van der Waals surface area contributed by atoms with Crippen LogP contribution in [0, 0.1) is 6.92 Å². The minimum Gasteiger partial charge on any atom is -0.341 e. The lowest BCUT2D eigenvalue weighted by Gasteiger charge is -2.40. The van der Waals surface area contributed by atoms with Crippen molar-refractivity contribution in [3.63, 3.8) is 0 Å². The van der Waals surface area contributed by atoms with Gasteiger partial charge in [-0.3, -0.25) is 4.79 Å². The van der Waals surface area contributed by atoms with E-state index in [1.807, 2.05) is 18.7 Å². The molecule has 3 aromatic rings. The highest BCUT2D eigenvalue weighted by Gasteiger charge is 2.37. The molecule has 5 rings (SSSR count). The van der Waals surface area contributed by atoms with Crippen molar-refractivity contribution < 1.29 is 13.2 Å². The number of benzene rings is 2. The van der Waals surface area contributed by atoms with Gasteiger partial charge in [-0.15, -0.1) is 0 Å². The van der Waals surface area contributed by atoms with Crippen LogP contribution in [0.25, 0.3) is 10.9 Å². The molecule has 0 fully saturated rings. The number of aryl methyl sites for hydroxylation is 2. The summed E-state index contributed by atoms with van der Waals surface area (Å²) < 4.78 is 30.2. The maximum absolute atomic E-state index is 13.6. The van der Waals surface area contributed by atoms with Crippen molar-refractivity contribution in [3.05, 3.63) is 64.8 Å². The number of nitrogens with zero attached hydrogens (tertiary/aromatic N) is 3. The zero-order chi connectivity index (χ0) is 24.7. The molecule has 35 heavy (non-hydrogen) atoms. The average Bonchev–Trinajstić information content (AvgIpc) is 3.18. The monoisotopic (exact) mass is 493 g/mol. The van der Waals surface area contributed by atoms with E-state index >= 15 is 0 Å². The second-order valence-electron chi connectivity index (χ2n) is 9.87. The maximum Gasteiger partial charge on any atom is 0.254 e. The van der Waals surface area contributed by atoms with Crippen molar-refractivity contribution in [1.29, 1.82) is 0 Å². The van der Waals surface area contributed by atoms with E-state index in [4.69, 9.17) is 0 Å². The van der Waals surface area contributed by atoms with Gasteiger partial charge in [0.05, 0.1) is 10.9 Å². The van der Waals surface area contributed by atoms with Crippen LogP contribution in [0.1, 0.15) is 72.8 Å². The van der Waals surface area contributed by atoms with E-state index in [0.29, 0.717) is 25.2 Å². The Hall–Kier alpha value is -2.64. The molecule has 186 valence electrons. The standard InChI is InChI=1S/C28H35N3O3S/c1-4-15-29(16-5-2)35(33,34)22-12-10-21(11-13-22)28(32)31-18-17-30-25-14-9-20(3)19-24(25)23-7-6-8-26(31)27(23)30/h9-14,19,26H,4-8,15-18H2,1-3H3/t26-/m0/s1. The lowest BCUT2D eigenvalue weighted by molar-refractivity contribution is 0.0601. The molecule has 1 aliphatic carbocycles. The molecule has 1 aromatic heterocycles. The van der Waals surface area contributed by atoms with Crippen molar-refractivity contribution in [2.45, 2.75) is 70.4 Å². The van der Waals surface area contributed by atoms with E-state index in [-0.39, 0.29) is 16.8 Å². The fourth-order valence-electron chi connectivity index (χ4n) is 5.90. The van der Waals surface area contributed by atoms with Gasteiger partial charge in [0, 0.05) is 48.3 Å². The van der Waals surface area contributed by atoms with Crippen LogP contribution in [0.3, 0.4) is 0 Å². The van der Waals surface area contributed by atoms with Crippen molar-refractivity contribution in [2.75, 3.05) is 19.6 Å². The van der Waals surface area contributed by atoms with Crippen LogP contribution >= 0.6 is 0 Å². The summed E-state index contributed by atoms with van der Waals surface area (Å²) in [7, 11) is -3.56. The van der Waals surface area contributed by atoms with Crippen molar-refractivity contribution in [3.8, 4) is 0 Å². The number of sulfonamides is 1. The molecule has 0 spiro atoms. The minimum atomic E-state index is -3.56. The number of hydrogen-bond donors (Lipinski definition) is 0. The Morgan fingerprint density at radius 3 is 2.43 bits per heavy atom. The summed E-state index contributed by atoms with van der Waals surface area (Å²) in [6.45, 7) is 8.55. The summed E-state index contributed by atoms with van der Waals surface area (Å²) in [5.74, 6) is -0.0153. The Morgan fingerprint density at radius 1 is 1.03 bits per heavy atom. The first kappa shape index (κ1) is 24.1. The summed E-state index contributed by atoms with van der Waals surface area (Å²) in [6, 6.07) is 13.3. The SMILES string of the molecule is CCCN(CCC)S(=O)(=O)c1ccc(C(=O)N2CCn3c4c(c5cc(C)ccc53)CCC[C@@H]42)cc1. The van der Waals surface area contributed by atoms with Crippen molar-refractivity contribution >= 4 is 26.8 Å². The molecule has 6 nitrogen and oxygen atoms in total. The van der Waals surface area contributed by atoms with Crippen LogP contribution in [0.4, 0.5) is 0 Å². The van der Waals surface area contributed by atoms with Crippen LogP contribution in [-0.4, -0.2) is 47.7 Å². The van der Waals surface area contributed by atoms with Gasteiger partial charge in [-0.2, -0.15) is 4.31 Å². The van der Waals surface area contributed by atoms with E-state index in [1.165, 1.54) is 27.7 Å². The van der Waals surface area contributed by atoms with Crippen LogP contribution < -0.4 is 0 Å². The second kappa shape index (κ2) is 9.43. The average molecular weight is 494 g/mol. The second-order valence-corrected chi connectivity index (χ2v) is 11.8. The van der Waals surface area contributed by atoms with Gasteiger partial charge >= 0.3 is 0 Å². The summed E-state index contributed by atoms with van der Waals surface area (Å²) in [4.78, 5) is 15.9. The third-order valence-corrected chi connectivity index (χ3v) is 9.39. The number of fused-ring (bicyclic) bond motifs is 3. The largest absolute Gasteiger partial charge is 0.341 e. The van der Waals surface area contributed by atoms with Gasteiger partial charge in [0.2, 0.25) is 10.0 Å². The van der Waals surface area contributed by atoms with Crippen molar-refractivity contribution in [1.82, 2.24) is 13.8 Å². The lowest BCUT2D eigenvalue weighted by atomic mass is 9.89. The van der Waals surface area contributed by atoms with Gasteiger partial charge in [-0.05, 0) is 81.0 Å². The molecule has 1 aliphatic heterocycles. The first-order valence-corrected chi connectivity index (χ1v) is 14.3. The molecule has 0 saturated carbocycles. The first-order chi connectivity index (χ1) is 16.9. The quantitative estimate of drug-likeness (QED) is 0.449. The molecule has 0 saturated heterocycles. The van der Waals surface area contributed by atoms with Gasteiger partial charge in [-0.25, -0.2) is 8.42 Å². The number of aromatic nitrogens is 1. The predicted molar refractivity (Wildman–Crippen MR) is 139 cm³/mol. The highest BCUT2D eigenvalue weighted by molar-refractivity contribution is 7.89. The topological polar surface area (TPSA) is 62.6 Å². The Bertz CT molecular complexity index is 1350. The number of carbonyl (C=O) groups is 1. The van der Waals surface area contributed by atoms with E-state index in [1.54, 1.807) is 28.6 Å². The van der Waals surface area contributed by atoms with Crippen LogP contribution in [0.5, 0.6) is 0 Å². The highest BCUT2D eigenvalue weighted by Crippen LogP contribution is 2.43. The van der Waals surface area contributed by atoms with E-state index in [0.717, 1.165) is 38.6 Å². The van der Waals surface area contributed by atoms with E-state index < -0.39 is 10.0 Å². The molecule has 2 aliphatic rings. The van der Waals surface area contributed by atoms with Crippen LogP contribution in [0.15, 0.2) is 47.4 Å². The number of rotatable bonds is 7. The van der Waals surface area contributed by atoms with E-state index in [9.17, 15) is 13.2 Å². The summed E-state index contributed by atoms with van der Waals surface area (Å²) in [6.07, 6.45) is 4.62. The normalized spacial score (nSPS) is 17.7. The van der Waals surface area contributed by atoms with Gasteiger partial charge in [0.25, 0.3) is 5.91 Å². The molecule has 2 heterocycles. The number of carbonyl (C=O) groups excluding carboxylic acids is 1. The highest BCUT2D eigenvalue weighted by atomic mass is 32.2. The zero-order valence-corrected chi connectivity index (χ0v) is 21.8. The van der Waals surface area contributed by atoms with Gasteiger partial charge in [0.1, 0.15) is 0 Å². The molecule has 0 unspecified atom stereocenters. The predicted octanol–water partition coefficient (Wildman–Crippen LogP) is 5.29. The Kier molecular flexibility index (Phi) is 6.49. The third-order valence-electron chi connectivity index (χ3n) is 7.47. The fraction of sp³-hybridized carbons (Fsp3) is 0.464. The van der Waals surface area contributed by atoms with Crippen molar-refractivity contribution in [2.24, 2.45) is 0 Å². The molecular weight excluding hydrogens is 458 g/mol. The first-order valence-electron chi connectivity index (χ1n) is 12.9. The summed E-state index contributed by atoms with van der Waals surface area (Å²) in [5, 5.41) is 1.33. The molecule has 0 N–H and O–H groups in total. The van der Waals surface area contributed by atoms with E-state index in [2.05, 4.69) is 29.7 Å². The molecule has 0 radical (unpaired) electrons. The molecule has 1 atom stereocenters. The van der Waals surface area contributed by atoms with Crippen LogP contribution in [-0.2, 0) is 23.0 Å². The number of hydrogen-bond acceptors (Lipinski definition) is 3. The fourth-order valence-corrected chi connectivity index (χ4v) is 7.52. The minimum absolute atomic E-state index is 0.0153. The van der Waals surface area contributed by atoms with Crippen LogP contribution in [0.2, 0.25) is 0 Å². The molecular formula is C28H35N3O3S. The third kappa shape index (κ3) is 4.08.